The molecule has 0 fully saturated rings. The topological polar surface area (TPSA) is 77.4 Å². The molecule has 1 aliphatic heterocycles. The molecule has 1 aliphatic rings. The molecule has 0 radical (unpaired) electrons. The van der Waals surface area contributed by atoms with Crippen molar-refractivity contribution in [1.29, 1.82) is 0 Å². The summed E-state index contributed by atoms with van der Waals surface area (Å²) in [6, 6.07) is 15.1. The molecule has 0 bridgehead atoms. The number of ether oxygens (including phenoxy) is 2. The van der Waals surface area contributed by atoms with Crippen molar-refractivity contribution in [2.24, 2.45) is 0 Å². The molecule has 3 aromatic rings. The van der Waals surface area contributed by atoms with Gasteiger partial charge in [-0.15, -0.1) is 10.2 Å². The highest BCUT2D eigenvalue weighted by Gasteiger charge is 2.34. The minimum atomic E-state index is -0.699. The van der Waals surface area contributed by atoms with Crippen molar-refractivity contribution in [3.63, 3.8) is 0 Å². The fourth-order valence-electron chi connectivity index (χ4n) is 3.61. The lowest BCUT2D eigenvalue weighted by molar-refractivity contribution is -0.118. The number of benzene rings is 2. The van der Waals surface area contributed by atoms with Gasteiger partial charge in [-0.2, -0.15) is 4.98 Å². The predicted octanol–water partition coefficient (Wildman–Crippen LogP) is 5.27. The Labute approximate surface area is 192 Å². The van der Waals surface area contributed by atoms with Crippen molar-refractivity contribution in [3.05, 3.63) is 54.1 Å². The van der Waals surface area contributed by atoms with E-state index in [1.807, 2.05) is 48.5 Å². The van der Waals surface area contributed by atoms with Crippen LogP contribution in [0.5, 0.6) is 11.6 Å². The normalized spacial score (nSPS) is 14.7. The highest BCUT2D eigenvalue weighted by molar-refractivity contribution is 7.99. The van der Waals surface area contributed by atoms with E-state index in [-0.39, 0.29) is 5.91 Å². The molecule has 0 spiro atoms. The fraction of sp³-hybridized carbons (Fsp3) is 0.333. The summed E-state index contributed by atoms with van der Waals surface area (Å²) in [4.78, 5) is 19.1. The standard InChI is InChI=1S/C24H26N4O3S/c1-4-5-8-15-32-24-25-22-21(26-27-24)19-9-6-7-10-20(19)28(16(2)29)23(31-22)17-11-13-18(30-3)14-12-17/h6-7,9-14,23H,4-5,8,15H2,1-3H3/t23-/m1/s1. The third kappa shape index (κ3) is 4.55. The first-order chi connectivity index (χ1) is 15.6. The summed E-state index contributed by atoms with van der Waals surface area (Å²) in [5.74, 6) is 1.88. The fourth-order valence-corrected chi connectivity index (χ4v) is 4.39. The first-order valence-electron chi connectivity index (χ1n) is 10.7. The van der Waals surface area contributed by atoms with Gasteiger partial charge in [-0.1, -0.05) is 49.7 Å². The molecular weight excluding hydrogens is 424 g/mol. The summed E-state index contributed by atoms with van der Waals surface area (Å²) in [5, 5.41) is 9.35. The number of hydrogen-bond donors (Lipinski definition) is 0. The van der Waals surface area contributed by atoms with Crippen molar-refractivity contribution in [2.75, 3.05) is 17.8 Å². The molecule has 0 N–H and O–H groups in total. The molecule has 8 heteroatoms. The molecule has 166 valence electrons. The second-order valence-corrected chi connectivity index (χ2v) is 8.52. The van der Waals surface area contributed by atoms with Gasteiger partial charge >= 0.3 is 0 Å². The Morgan fingerprint density at radius 3 is 2.62 bits per heavy atom. The number of thioether (sulfide) groups is 1. The lowest BCUT2D eigenvalue weighted by Gasteiger charge is -2.29. The SMILES string of the molecule is CCCCCSc1nnc2c(n1)O[C@H](c1ccc(OC)cc1)N(C(C)=O)c1ccccc1-2. The maximum Gasteiger partial charge on any atom is 0.247 e. The van der Waals surface area contributed by atoms with Crippen LogP contribution >= 0.6 is 11.8 Å². The van der Waals surface area contributed by atoms with Crippen LogP contribution in [-0.4, -0.2) is 34.0 Å². The van der Waals surface area contributed by atoms with E-state index in [0.29, 0.717) is 22.4 Å². The van der Waals surface area contributed by atoms with Gasteiger partial charge in [0.15, 0.2) is 5.69 Å². The number of nitrogens with zero attached hydrogens (tertiary/aromatic N) is 4. The molecule has 0 unspecified atom stereocenters. The van der Waals surface area contributed by atoms with E-state index in [1.54, 1.807) is 23.8 Å². The number of amides is 1. The van der Waals surface area contributed by atoms with E-state index < -0.39 is 6.23 Å². The van der Waals surface area contributed by atoms with Gasteiger partial charge in [-0.25, -0.2) is 0 Å². The van der Waals surface area contributed by atoms with E-state index >= 15 is 0 Å². The van der Waals surface area contributed by atoms with Gasteiger partial charge in [0.1, 0.15) is 5.75 Å². The Balaban J connectivity index is 1.78. The lowest BCUT2D eigenvalue weighted by atomic mass is 10.1. The van der Waals surface area contributed by atoms with Gasteiger partial charge in [-0.3, -0.25) is 9.69 Å². The number of carbonyl (C=O) groups excluding carboxylic acids is 1. The average molecular weight is 451 g/mol. The Morgan fingerprint density at radius 2 is 1.91 bits per heavy atom. The molecule has 1 amide bonds. The number of hydrogen-bond acceptors (Lipinski definition) is 7. The summed E-state index contributed by atoms with van der Waals surface area (Å²) < 4.78 is 11.7. The van der Waals surface area contributed by atoms with Crippen LogP contribution in [0.25, 0.3) is 11.3 Å². The summed E-state index contributed by atoms with van der Waals surface area (Å²) in [5.41, 5.74) is 2.80. The molecule has 2 heterocycles. The quantitative estimate of drug-likeness (QED) is 0.358. The van der Waals surface area contributed by atoms with Gasteiger partial charge in [0, 0.05) is 23.8 Å². The summed E-state index contributed by atoms with van der Waals surface area (Å²) in [6.45, 7) is 3.71. The second kappa shape index (κ2) is 9.99. The Kier molecular flexibility index (Phi) is 6.90. The minimum Gasteiger partial charge on any atom is -0.497 e. The summed E-state index contributed by atoms with van der Waals surface area (Å²) >= 11 is 1.57. The molecule has 32 heavy (non-hydrogen) atoms. The highest BCUT2D eigenvalue weighted by Crippen LogP contribution is 2.43. The molecule has 4 rings (SSSR count). The minimum absolute atomic E-state index is 0.145. The van der Waals surface area contributed by atoms with E-state index in [1.165, 1.54) is 13.3 Å². The molecule has 0 saturated carbocycles. The van der Waals surface area contributed by atoms with Crippen LogP contribution in [0.15, 0.2) is 53.7 Å². The van der Waals surface area contributed by atoms with Gasteiger partial charge in [0.25, 0.3) is 0 Å². The molecule has 1 atom stereocenters. The zero-order valence-corrected chi connectivity index (χ0v) is 19.3. The van der Waals surface area contributed by atoms with E-state index in [2.05, 4.69) is 22.1 Å². The van der Waals surface area contributed by atoms with Crippen LogP contribution < -0.4 is 14.4 Å². The number of aromatic nitrogens is 3. The molecule has 2 aromatic carbocycles. The molecule has 0 saturated heterocycles. The van der Waals surface area contributed by atoms with Crippen LogP contribution in [0.1, 0.15) is 44.9 Å². The first kappa shape index (κ1) is 22.1. The molecular formula is C24H26N4O3S. The van der Waals surface area contributed by atoms with E-state index in [0.717, 1.165) is 35.5 Å². The first-order valence-corrected chi connectivity index (χ1v) is 11.7. The van der Waals surface area contributed by atoms with Gasteiger partial charge in [-0.05, 0) is 36.8 Å². The van der Waals surface area contributed by atoms with Crippen LogP contribution in [0.3, 0.4) is 0 Å². The Morgan fingerprint density at radius 1 is 1.12 bits per heavy atom. The number of methoxy groups -OCH3 is 1. The van der Waals surface area contributed by atoms with Crippen molar-refractivity contribution < 1.29 is 14.3 Å². The number of unbranched alkanes of at least 4 members (excludes halogenated alkanes) is 2. The zero-order valence-electron chi connectivity index (χ0n) is 18.4. The lowest BCUT2D eigenvalue weighted by Crippen LogP contribution is -2.36. The highest BCUT2D eigenvalue weighted by atomic mass is 32.2. The van der Waals surface area contributed by atoms with Crippen molar-refractivity contribution >= 4 is 23.4 Å². The second-order valence-electron chi connectivity index (χ2n) is 7.45. The predicted molar refractivity (Wildman–Crippen MR) is 125 cm³/mol. The van der Waals surface area contributed by atoms with E-state index in [4.69, 9.17) is 9.47 Å². The van der Waals surface area contributed by atoms with Gasteiger partial charge in [0.05, 0.1) is 12.8 Å². The smallest absolute Gasteiger partial charge is 0.247 e. The summed E-state index contributed by atoms with van der Waals surface area (Å²) in [6.07, 6.45) is 2.73. The zero-order chi connectivity index (χ0) is 22.5. The van der Waals surface area contributed by atoms with Crippen LogP contribution in [-0.2, 0) is 4.79 Å². The average Bonchev–Trinajstić information content (AvgIpc) is 2.96. The number of para-hydroxylation sites is 1. The Bertz CT molecular complexity index is 1090. The maximum atomic E-state index is 12.8. The summed E-state index contributed by atoms with van der Waals surface area (Å²) in [7, 11) is 1.62. The number of anilines is 1. The Hall–Kier alpha value is -3.13. The van der Waals surface area contributed by atoms with Crippen LogP contribution in [0, 0.1) is 0 Å². The van der Waals surface area contributed by atoms with E-state index in [9.17, 15) is 4.79 Å². The third-order valence-corrected chi connectivity index (χ3v) is 6.15. The van der Waals surface area contributed by atoms with Crippen molar-refractivity contribution in [1.82, 2.24) is 15.2 Å². The largest absolute Gasteiger partial charge is 0.497 e. The van der Waals surface area contributed by atoms with Crippen molar-refractivity contribution in [3.8, 4) is 22.9 Å². The van der Waals surface area contributed by atoms with Crippen LogP contribution in [0.4, 0.5) is 5.69 Å². The van der Waals surface area contributed by atoms with Gasteiger partial charge in [0.2, 0.25) is 23.2 Å². The number of rotatable bonds is 7. The molecule has 1 aromatic heterocycles. The third-order valence-electron chi connectivity index (χ3n) is 5.23. The van der Waals surface area contributed by atoms with Crippen LogP contribution in [0.2, 0.25) is 0 Å². The van der Waals surface area contributed by atoms with Gasteiger partial charge < -0.3 is 9.47 Å². The number of fused-ring (bicyclic) bond motifs is 3. The maximum absolute atomic E-state index is 12.8. The van der Waals surface area contributed by atoms with Crippen molar-refractivity contribution in [2.45, 2.75) is 44.5 Å². The monoisotopic (exact) mass is 450 g/mol. The molecule has 7 nitrogen and oxygen atoms in total. The number of carbonyl (C=O) groups is 1. The molecule has 0 aliphatic carbocycles.